The van der Waals surface area contributed by atoms with Gasteiger partial charge in [-0.25, -0.2) is 0 Å². The average Bonchev–Trinajstić information content (AvgIpc) is 2.31. The molecule has 0 spiro atoms. The quantitative estimate of drug-likeness (QED) is 0.604. The maximum absolute atomic E-state index is 9.83. The number of diazo groups is 1. The predicted molar refractivity (Wildman–Crippen MR) is 57.8 cm³/mol. The summed E-state index contributed by atoms with van der Waals surface area (Å²) in [5, 5.41) is 27.9. The van der Waals surface area contributed by atoms with Crippen molar-refractivity contribution in [2.75, 3.05) is 6.61 Å². The second kappa shape index (κ2) is 5.73. The molecule has 0 radical (unpaired) electrons. The molecule has 1 atom stereocenters. The van der Waals surface area contributed by atoms with E-state index < -0.39 is 12.0 Å². The van der Waals surface area contributed by atoms with Gasteiger partial charge in [-0.1, -0.05) is 30.3 Å². The molecule has 84 valence electrons. The van der Waals surface area contributed by atoms with Crippen molar-refractivity contribution in [3.63, 3.8) is 0 Å². The minimum atomic E-state index is -1.22. The van der Waals surface area contributed by atoms with Crippen LogP contribution in [-0.4, -0.2) is 16.8 Å². The Morgan fingerprint density at radius 1 is 1.44 bits per heavy atom. The van der Waals surface area contributed by atoms with Gasteiger partial charge in [-0.15, -0.1) is 0 Å². The van der Waals surface area contributed by atoms with Gasteiger partial charge in [-0.3, -0.25) is 0 Å². The molecule has 5 heteroatoms. The van der Waals surface area contributed by atoms with Crippen molar-refractivity contribution in [3.8, 4) is 0 Å². The number of benzene rings is 1. The summed E-state index contributed by atoms with van der Waals surface area (Å²) < 4.78 is 4.76. The molecule has 1 aromatic rings. The van der Waals surface area contributed by atoms with Crippen molar-refractivity contribution in [2.45, 2.75) is 13.0 Å². The third-order valence-electron chi connectivity index (χ3n) is 1.98. The molecule has 0 saturated carbocycles. The summed E-state index contributed by atoms with van der Waals surface area (Å²) in [6, 6.07) is 8.54. The lowest BCUT2D eigenvalue weighted by atomic mass is 10.1. The molecule has 0 aromatic heterocycles. The Bertz CT molecular complexity index is 409. The highest BCUT2D eigenvalue weighted by atomic mass is 16.6. The number of ether oxygens (including phenoxy) is 1. The number of hydrogen-bond donors (Lipinski definition) is 2. The molecule has 0 heterocycles. The van der Waals surface area contributed by atoms with E-state index in [0.717, 1.165) is 0 Å². The second-order valence-electron chi connectivity index (χ2n) is 3.04. The van der Waals surface area contributed by atoms with Gasteiger partial charge in [0.15, 0.2) is 11.1 Å². The molecule has 1 rings (SSSR count). The van der Waals surface area contributed by atoms with E-state index in [4.69, 9.17) is 10.1 Å². The number of rotatable bonds is 4. The first-order chi connectivity index (χ1) is 7.70. The lowest BCUT2D eigenvalue weighted by Gasteiger charge is -2.04. The Kier molecular flexibility index (Phi) is 4.30. The maximum Gasteiger partial charge on any atom is 0.472 e. The van der Waals surface area contributed by atoms with Crippen LogP contribution in [0.3, 0.4) is 0 Å². The van der Waals surface area contributed by atoms with Gasteiger partial charge in [0.2, 0.25) is 5.39 Å². The largest absolute Gasteiger partial charge is 0.475 e. The molecule has 16 heavy (non-hydrogen) atoms. The summed E-state index contributed by atoms with van der Waals surface area (Å²) in [6.45, 7) is 1.88. The average molecular weight is 221 g/mol. The van der Waals surface area contributed by atoms with Crippen LogP contribution in [-0.2, 0) is 4.74 Å². The molecule has 2 N–H and O–H groups in total. The fourth-order valence-electron chi connectivity index (χ4n) is 1.22. The highest BCUT2D eigenvalue weighted by Crippen LogP contribution is 2.24. The summed E-state index contributed by atoms with van der Waals surface area (Å²) in [4.78, 5) is 2.84. The highest BCUT2D eigenvalue weighted by molar-refractivity contribution is 5.28. The Morgan fingerprint density at radius 2 is 2.06 bits per heavy atom. The Labute approximate surface area is 93.2 Å². The zero-order chi connectivity index (χ0) is 12.0. The van der Waals surface area contributed by atoms with Crippen molar-refractivity contribution < 1.29 is 14.9 Å². The molecule has 0 aliphatic carbocycles. The minimum absolute atomic E-state index is 0.215. The second-order valence-corrected chi connectivity index (χ2v) is 3.04. The maximum atomic E-state index is 9.83. The molecule has 0 amide bonds. The van der Waals surface area contributed by atoms with Crippen LogP contribution >= 0.6 is 0 Å². The Morgan fingerprint density at radius 3 is 2.56 bits per heavy atom. The molecular formula is C11H13N2O3+. The summed E-state index contributed by atoms with van der Waals surface area (Å²) >= 11 is 0. The fraction of sp³-hybridized carbons (Fsp3) is 0.273. The first-order valence-corrected chi connectivity index (χ1v) is 4.84. The van der Waals surface area contributed by atoms with Crippen molar-refractivity contribution in [1.29, 1.82) is 5.39 Å². The van der Waals surface area contributed by atoms with Gasteiger partial charge in [-0.2, -0.15) is 0 Å². The summed E-state index contributed by atoms with van der Waals surface area (Å²) in [5.74, 6) is -0.582. The topological polar surface area (TPSA) is 77.8 Å². The van der Waals surface area contributed by atoms with Gasteiger partial charge in [-0.05, 0) is 12.5 Å². The first-order valence-electron chi connectivity index (χ1n) is 4.84. The van der Waals surface area contributed by atoms with Crippen LogP contribution in [0.2, 0.25) is 0 Å². The van der Waals surface area contributed by atoms with Crippen LogP contribution < -0.4 is 0 Å². The number of aliphatic hydroxyl groups is 2. The zero-order valence-electron chi connectivity index (χ0n) is 8.87. The molecule has 0 aliphatic heterocycles. The van der Waals surface area contributed by atoms with Crippen molar-refractivity contribution >= 4 is 0 Å². The number of aliphatic hydroxyl groups excluding tert-OH is 2. The highest BCUT2D eigenvalue weighted by Gasteiger charge is 2.31. The SMILES string of the molecule is CCO/C(O)=C(\[N+]#N)C(O)c1ccccc1. The van der Waals surface area contributed by atoms with Crippen molar-refractivity contribution in [3.05, 3.63) is 52.5 Å². The monoisotopic (exact) mass is 221 g/mol. The van der Waals surface area contributed by atoms with Gasteiger partial charge < -0.3 is 14.9 Å². The molecule has 5 nitrogen and oxygen atoms in total. The van der Waals surface area contributed by atoms with Crippen LogP contribution in [0.5, 0.6) is 0 Å². The molecular weight excluding hydrogens is 208 g/mol. The third-order valence-corrected chi connectivity index (χ3v) is 1.98. The smallest absolute Gasteiger partial charge is 0.472 e. The first kappa shape index (κ1) is 12.0. The van der Waals surface area contributed by atoms with Gasteiger partial charge in [0, 0.05) is 0 Å². The van der Waals surface area contributed by atoms with Gasteiger partial charge in [0.1, 0.15) is 0 Å². The summed E-state index contributed by atoms with van der Waals surface area (Å²) in [6.07, 6.45) is -1.22. The van der Waals surface area contributed by atoms with Gasteiger partial charge in [0.25, 0.3) is 0 Å². The molecule has 0 aliphatic rings. The molecule has 0 saturated heterocycles. The van der Waals surface area contributed by atoms with Crippen LogP contribution in [0.25, 0.3) is 4.98 Å². The van der Waals surface area contributed by atoms with Crippen LogP contribution in [0.4, 0.5) is 0 Å². The number of nitrogens with zero attached hydrogens (tertiary/aromatic N) is 2. The van der Waals surface area contributed by atoms with E-state index in [1.165, 1.54) is 0 Å². The van der Waals surface area contributed by atoms with Crippen LogP contribution in [0.15, 0.2) is 42.0 Å². The van der Waals surface area contributed by atoms with E-state index in [1.807, 2.05) is 0 Å². The zero-order valence-corrected chi connectivity index (χ0v) is 8.87. The third kappa shape index (κ3) is 2.72. The summed E-state index contributed by atoms with van der Waals surface area (Å²) in [5.41, 5.74) is 0.189. The molecule has 1 aromatic carbocycles. The van der Waals surface area contributed by atoms with E-state index in [2.05, 4.69) is 4.98 Å². The van der Waals surface area contributed by atoms with Gasteiger partial charge in [0.05, 0.1) is 6.61 Å². The Balaban J connectivity index is 3.00. The standard InChI is InChI=1S/C11H12N2O3/c1-2-16-11(15)9(13-12)10(14)8-6-4-3-5-7-8/h3-7,10,14H,2H2,1H3/p+1/b11-9-. The van der Waals surface area contributed by atoms with Gasteiger partial charge >= 0.3 is 11.6 Å². The van der Waals surface area contributed by atoms with E-state index in [0.29, 0.717) is 5.56 Å². The molecule has 1 unspecified atom stereocenters. The lowest BCUT2D eigenvalue weighted by molar-refractivity contribution is 0.0874. The fourth-order valence-corrected chi connectivity index (χ4v) is 1.22. The van der Waals surface area contributed by atoms with E-state index in [1.54, 1.807) is 37.3 Å². The van der Waals surface area contributed by atoms with E-state index >= 15 is 0 Å². The minimum Gasteiger partial charge on any atom is -0.475 e. The van der Waals surface area contributed by atoms with Crippen molar-refractivity contribution in [2.24, 2.45) is 0 Å². The number of hydrogen-bond acceptors (Lipinski definition) is 4. The Hall–Kier alpha value is -2.06. The van der Waals surface area contributed by atoms with Crippen molar-refractivity contribution in [1.82, 2.24) is 0 Å². The predicted octanol–water partition coefficient (Wildman–Crippen LogP) is 2.34. The van der Waals surface area contributed by atoms with Crippen LogP contribution in [0, 0.1) is 5.39 Å². The molecule has 0 fully saturated rings. The van der Waals surface area contributed by atoms with E-state index in [9.17, 15) is 10.2 Å². The molecule has 0 bridgehead atoms. The van der Waals surface area contributed by atoms with Crippen LogP contribution in [0.1, 0.15) is 18.6 Å². The summed E-state index contributed by atoms with van der Waals surface area (Å²) in [7, 11) is 0. The normalized spacial score (nSPS) is 13.6. The van der Waals surface area contributed by atoms with E-state index in [-0.39, 0.29) is 12.3 Å². The lowest BCUT2D eigenvalue weighted by Crippen LogP contribution is -2.04.